The summed E-state index contributed by atoms with van der Waals surface area (Å²) in [6.45, 7) is 0. The fourth-order valence-corrected chi connectivity index (χ4v) is 1.27. The van der Waals surface area contributed by atoms with E-state index in [2.05, 4.69) is 9.97 Å². The molecule has 1 aromatic rings. The zero-order valence-corrected chi connectivity index (χ0v) is 8.36. The Morgan fingerprint density at radius 2 is 2.43 bits per heavy atom. The van der Waals surface area contributed by atoms with E-state index in [4.69, 9.17) is 5.11 Å². The third-order valence-electron chi connectivity index (χ3n) is 1.67. The first-order valence-corrected chi connectivity index (χ1v) is 5.17. The fourth-order valence-electron chi connectivity index (χ4n) is 0.945. The molecule has 0 saturated carbocycles. The van der Waals surface area contributed by atoms with E-state index in [1.54, 1.807) is 6.26 Å². The second-order valence-corrected chi connectivity index (χ2v) is 3.60. The summed E-state index contributed by atoms with van der Waals surface area (Å²) in [5.41, 5.74) is -0.238. The standard InChI is InChI=1S/C8H10N2O3S/c1-14-7(11)2-6-5(8(12)13)3-9-4-10-6/h3-4,7,11H,2H2,1H3,(H,12,13). The summed E-state index contributed by atoms with van der Waals surface area (Å²) in [4.78, 5) is 18.2. The lowest BCUT2D eigenvalue weighted by Gasteiger charge is -2.07. The van der Waals surface area contributed by atoms with E-state index in [-0.39, 0.29) is 12.0 Å². The molecule has 14 heavy (non-hydrogen) atoms. The Hall–Kier alpha value is -1.14. The topological polar surface area (TPSA) is 83.3 Å². The van der Waals surface area contributed by atoms with Gasteiger partial charge in [0.1, 0.15) is 11.8 Å². The summed E-state index contributed by atoms with van der Waals surface area (Å²) in [6.07, 6.45) is 4.46. The number of rotatable bonds is 4. The van der Waals surface area contributed by atoms with E-state index < -0.39 is 11.4 Å². The predicted octanol–water partition coefficient (Wildman–Crippen LogP) is 0.399. The second kappa shape index (κ2) is 4.92. The van der Waals surface area contributed by atoms with Gasteiger partial charge in [0.2, 0.25) is 0 Å². The van der Waals surface area contributed by atoms with Crippen LogP contribution in [-0.2, 0) is 6.42 Å². The number of aromatic carboxylic acids is 1. The summed E-state index contributed by atoms with van der Waals surface area (Å²) in [5.74, 6) is -1.08. The normalized spacial score (nSPS) is 12.4. The van der Waals surface area contributed by atoms with E-state index in [9.17, 15) is 9.90 Å². The van der Waals surface area contributed by atoms with Crippen LogP contribution in [0.15, 0.2) is 12.5 Å². The second-order valence-electron chi connectivity index (χ2n) is 2.58. The van der Waals surface area contributed by atoms with Crippen molar-refractivity contribution in [1.82, 2.24) is 9.97 Å². The summed E-state index contributed by atoms with van der Waals surface area (Å²) < 4.78 is 0. The maximum Gasteiger partial charge on any atom is 0.339 e. The van der Waals surface area contributed by atoms with Gasteiger partial charge in [-0.1, -0.05) is 0 Å². The molecule has 0 aliphatic carbocycles. The third kappa shape index (κ3) is 2.68. The molecule has 2 N–H and O–H groups in total. The van der Waals surface area contributed by atoms with E-state index in [1.807, 2.05) is 0 Å². The molecule has 0 aliphatic rings. The molecule has 1 unspecified atom stereocenters. The van der Waals surface area contributed by atoms with Crippen molar-refractivity contribution in [2.24, 2.45) is 0 Å². The highest BCUT2D eigenvalue weighted by atomic mass is 32.2. The van der Waals surface area contributed by atoms with Crippen molar-refractivity contribution in [1.29, 1.82) is 0 Å². The number of carboxylic acid groups (broad SMARTS) is 1. The van der Waals surface area contributed by atoms with E-state index in [1.165, 1.54) is 24.3 Å². The minimum Gasteiger partial charge on any atom is -0.478 e. The largest absolute Gasteiger partial charge is 0.478 e. The number of aliphatic hydroxyl groups is 1. The lowest BCUT2D eigenvalue weighted by Crippen LogP contribution is -2.12. The average molecular weight is 214 g/mol. The Labute approximate surface area is 85.2 Å². The van der Waals surface area contributed by atoms with Crippen molar-refractivity contribution in [2.45, 2.75) is 11.9 Å². The summed E-state index contributed by atoms with van der Waals surface area (Å²) >= 11 is 1.24. The van der Waals surface area contributed by atoms with Crippen LogP contribution in [0.5, 0.6) is 0 Å². The molecule has 1 heterocycles. The average Bonchev–Trinajstić information content (AvgIpc) is 2.18. The predicted molar refractivity (Wildman–Crippen MR) is 52.2 cm³/mol. The van der Waals surface area contributed by atoms with E-state index in [0.29, 0.717) is 5.69 Å². The highest BCUT2D eigenvalue weighted by Gasteiger charge is 2.14. The molecule has 76 valence electrons. The van der Waals surface area contributed by atoms with Crippen LogP contribution in [0, 0.1) is 0 Å². The molecule has 0 fully saturated rings. The monoisotopic (exact) mass is 214 g/mol. The smallest absolute Gasteiger partial charge is 0.339 e. The summed E-state index contributed by atoms with van der Waals surface area (Å²) in [6, 6.07) is 0. The van der Waals surface area contributed by atoms with Gasteiger partial charge in [0.25, 0.3) is 0 Å². The van der Waals surface area contributed by atoms with Crippen LogP contribution in [0.25, 0.3) is 0 Å². The number of aliphatic hydroxyl groups excluding tert-OH is 1. The van der Waals surface area contributed by atoms with Crippen LogP contribution in [-0.4, -0.2) is 37.8 Å². The number of aromatic nitrogens is 2. The van der Waals surface area contributed by atoms with Gasteiger partial charge in [-0.15, -0.1) is 11.8 Å². The van der Waals surface area contributed by atoms with Gasteiger partial charge in [0.05, 0.1) is 11.3 Å². The minimum absolute atomic E-state index is 0.0422. The summed E-state index contributed by atoms with van der Waals surface area (Å²) in [5, 5.41) is 18.1. The molecule has 5 nitrogen and oxygen atoms in total. The van der Waals surface area contributed by atoms with Gasteiger partial charge < -0.3 is 10.2 Å². The number of nitrogens with zero attached hydrogens (tertiary/aromatic N) is 2. The Kier molecular flexibility index (Phi) is 3.84. The third-order valence-corrected chi connectivity index (χ3v) is 2.38. The van der Waals surface area contributed by atoms with Crippen molar-refractivity contribution >= 4 is 17.7 Å². The SMILES string of the molecule is CSC(O)Cc1ncncc1C(=O)O. The van der Waals surface area contributed by atoms with Gasteiger partial charge >= 0.3 is 5.97 Å². The van der Waals surface area contributed by atoms with Crippen LogP contribution in [0.3, 0.4) is 0 Å². The van der Waals surface area contributed by atoms with Crippen LogP contribution in [0.1, 0.15) is 16.1 Å². The van der Waals surface area contributed by atoms with Gasteiger partial charge in [-0.2, -0.15) is 0 Å². The fraction of sp³-hybridized carbons (Fsp3) is 0.375. The molecule has 6 heteroatoms. The maximum atomic E-state index is 10.7. The van der Waals surface area contributed by atoms with Crippen LogP contribution in [0.4, 0.5) is 0 Å². The molecular weight excluding hydrogens is 204 g/mol. The summed E-state index contributed by atoms with van der Waals surface area (Å²) in [7, 11) is 0. The van der Waals surface area contributed by atoms with Crippen molar-refractivity contribution in [2.75, 3.05) is 6.26 Å². The molecule has 0 saturated heterocycles. The lowest BCUT2D eigenvalue weighted by atomic mass is 10.2. The molecule has 1 aromatic heterocycles. The molecule has 0 spiro atoms. The Morgan fingerprint density at radius 1 is 1.71 bits per heavy atom. The zero-order chi connectivity index (χ0) is 10.6. The first kappa shape index (κ1) is 10.9. The van der Waals surface area contributed by atoms with Gasteiger partial charge in [-0.05, 0) is 6.26 Å². The molecule has 0 radical (unpaired) electrons. The highest BCUT2D eigenvalue weighted by molar-refractivity contribution is 7.99. The molecule has 0 aliphatic heterocycles. The Morgan fingerprint density at radius 3 is 3.00 bits per heavy atom. The number of thioether (sulfide) groups is 1. The Balaban J connectivity index is 2.90. The van der Waals surface area contributed by atoms with Gasteiger partial charge in [0, 0.05) is 12.6 Å². The van der Waals surface area contributed by atoms with E-state index in [0.717, 1.165) is 0 Å². The van der Waals surface area contributed by atoms with Crippen LogP contribution < -0.4 is 0 Å². The number of hydrogen-bond donors (Lipinski definition) is 2. The Bertz CT molecular complexity index is 332. The molecule has 0 aromatic carbocycles. The quantitative estimate of drug-likeness (QED) is 0.706. The number of carbonyl (C=O) groups is 1. The zero-order valence-electron chi connectivity index (χ0n) is 7.54. The van der Waals surface area contributed by atoms with Gasteiger partial charge in [0.15, 0.2) is 0 Å². The van der Waals surface area contributed by atoms with Gasteiger partial charge in [-0.25, -0.2) is 14.8 Å². The number of carboxylic acids is 1. The van der Waals surface area contributed by atoms with Crippen LogP contribution in [0.2, 0.25) is 0 Å². The molecule has 1 rings (SSSR count). The first-order chi connectivity index (χ1) is 6.65. The van der Waals surface area contributed by atoms with E-state index >= 15 is 0 Å². The number of hydrogen-bond acceptors (Lipinski definition) is 5. The minimum atomic E-state index is -1.08. The van der Waals surface area contributed by atoms with Gasteiger partial charge in [-0.3, -0.25) is 0 Å². The lowest BCUT2D eigenvalue weighted by molar-refractivity contribution is 0.0694. The van der Waals surface area contributed by atoms with Crippen molar-refractivity contribution in [3.8, 4) is 0 Å². The maximum absolute atomic E-state index is 10.7. The molecular formula is C8H10N2O3S. The van der Waals surface area contributed by atoms with Crippen molar-refractivity contribution in [3.05, 3.63) is 23.8 Å². The van der Waals surface area contributed by atoms with Crippen molar-refractivity contribution in [3.63, 3.8) is 0 Å². The molecule has 1 atom stereocenters. The highest BCUT2D eigenvalue weighted by Crippen LogP contribution is 2.12. The van der Waals surface area contributed by atoms with Crippen LogP contribution >= 0.6 is 11.8 Å². The molecule has 0 bridgehead atoms. The van der Waals surface area contributed by atoms with Crippen molar-refractivity contribution < 1.29 is 15.0 Å². The first-order valence-electron chi connectivity index (χ1n) is 3.88. The molecule has 0 amide bonds.